The molecule has 4 heteroatoms. The SMILES string of the molecule is COc1ncccc1CNC1(C)CCNC1. The summed E-state index contributed by atoms with van der Waals surface area (Å²) in [6.45, 7) is 5.16. The summed E-state index contributed by atoms with van der Waals surface area (Å²) in [6, 6.07) is 3.99. The molecule has 0 bridgehead atoms. The van der Waals surface area contributed by atoms with E-state index in [9.17, 15) is 0 Å². The van der Waals surface area contributed by atoms with Gasteiger partial charge in [-0.15, -0.1) is 0 Å². The Morgan fingerprint density at radius 2 is 2.50 bits per heavy atom. The van der Waals surface area contributed by atoms with Gasteiger partial charge >= 0.3 is 0 Å². The molecule has 88 valence electrons. The Morgan fingerprint density at radius 3 is 3.19 bits per heavy atom. The van der Waals surface area contributed by atoms with Crippen LogP contribution >= 0.6 is 0 Å². The van der Waals surface area contributed by atoms with Crippen LogP contribution in [0, 0.1) is 0 Å². The number of rotatable bonds is 4. The van der Waals surface area contributed by atoms with E-state index < -0.39 is 0 Å². The molecular formula is C12H19N3O. The Morgan fingerprint density at radius 1 is 1.62 bits per heavy atom. The maximum Gasteiger partial charge on any atom is 0.217 e. The van der Waals surface area contributed by atoms with Gasteiger partial charge in [0.15, 0.2) is 0 Å². The average molecular weight is 221 g/mol. The minimum absolute atomic E-state index is 0.195. The predicted molar refractivity (Wildman–Crippen MR) is 63.5 cm³/mol. The molecule has 2 N–H and O–H groups in total. The van der Waals surface area contributed by atoms with E-state index in [1.807, 2.05) is 12.1 Å². The van der Waals surface area contributed by atoms with Crippen LogP contribution < -0.4 is 15.4 Å². The van der Waals surface area contributed by atoms with Crippen molar-refractivity contribution >= 4 is 0 Å². The van der Waals surface area contributed by atoms with Crippen molar-refractivity contribution in [2.45, 2.75) is 25.4 Å². The Bertz CT molecular complexity index is 348. The van der Waals surface area contributed by atoms with E-state index in [1.165, 1.54) is 0 Å². The van der Waals surface area contributed by atoms with E-state index in [0.717, 1.165) is 31.6 Å². The van der Waals surface area contributed by atoms with Gasteiger partial charge in [-0.1, -0.05) is 6.07 Å². The molecule has 0 saturated carbocycles. The van der Waals surface area contributed by atoms with Gasteiger partial charge in [0.05, 0.1) is 7.11 Å². The van der Waals surface area contributed by atoms with E-state index in [-0.39, 0.29) is 5.54 Å². The fourth-order valence-electron chi connectivity index (χ4n) is 2.02. The minimum atomic E-state index is 0.195. The van der Waals surface area contributed by atoms with Gasteiger partial charge in [-0.05, 0) is 26.0 Å². The maximum atomic E-state index is 5.23. The van der Waals surface area contributed by atoms with E-state index in [0.29, 0.717) is 5.88 Å². The molecule has 1 fully saturated rings. The molecule has 1 aromatic heterocycles. The van der Waals surface area contributed by atoms with Gasteiger partial charge < -0.3 is 15.4 Å². The summed E-state index contributed by atoms with van der Waals surface area (Å²) in [5, 5.41) is 6.93. The van der Waals surface area contributed by atoms with Crippen molar-refractivity contribution in [1.82, 2.24) is 15.6 Å². The first-order valence-corrected chi connectivity index (χ1v) is 5.67. The highest BCUT2D eigenvalue weighted by Gasteiger charge is 2.27. The average Bonchev–Trinajstić information content (AvgIpc) is 2.74. The quantitative estimate of drug-likeness (QED) is 0.794. The van der Waals surface area contributed by atoms with Crippen molar-refractivity contribution in [2.24, 2.45) is 0 Å². The number of pyridine rings is 1. The Kier molecular flexibility index (Phi) is 3.41. The van der Waals surface area contributed by atoms with E-state index >= 15 is 0 Å². The molecule has 4 nitrogen and oxygen atoms in total. The summed E-state index contributed by atoms with van der Waals surface area (Å²) >= 11 is 0. The Labute approximate surface area is 96.4 Å². The highest BCUT2D eigenvalue weighted by molar-refractivity contribution is 5.25. The number of hydrogen-bond donors (Lipinski definition) is 2. The standard InChI is InChI=1S/C12H19N3O/c1-12(5-7-13-9-12)15-8-10-4-3-6-14-11(10)16-2/h3-4,6,13,15H,5,7-9H2,1-2H3. The summed E-state index contributed by atoms with van der Waals surface area (Å²) in [5.41, 5.74) is 1.30. The van der Waals surface area contributed by atoms with Crippen LogP contribution in [0.25, 0.3) is 0 Å². The van der Waals surface area contributed by atoms with Crippen molar-refractivity contribution in [3.63, 3.8) is 0 Å². The van der Waals surface area contributed by atoms with Crippen LogP contribution in [0.4, 0.5) is 0 Å². The maximum absolute atomic E-state index is 5.23. The number of nitrogens with zero attached hydrogens (tertiary/aromatic N) is 1. The molecule has 1 unspecified atom stereocenters. The topological polar surface area (TPSA) is 46.2 Å². The lowest BCUT2D eigenvalue weighted by Gasteiger charge is -2.24. The van der Waals surface area contributed by atoms with Crippen LogP contribution in [-0.4, -0.2) is 30.7 Å². The molecule has 0 radical (unpaired) electrons. The third kappa shape index (κ3) is 2.51. The zero-order chi connectivity index (χ0) is 11.4. The lowest BCUT2D eigenvalue weighted by Crippen LogP contribution is -2.43. The molecule has 0 amide bonds. The van der Waals surface area contributed by atoms with Crippen LogP contribution in [-0.2, 0) is 6.54 Å². The minimum Gasteiger partial charge on any atom is -0.481 e. The molecular weight excluding hydrogens is 202 g/mol. The van der Waals surface area contributed by atoms with Gasteiger partial charge in [0, 0.05) is 30.4 Å². The second-order valence-corrected chi connectivity index (χ2v) is 4.51. The fourth-order valence-corrected chi connectivity index (χ4v) is 2.02. The summed E-state index contributed by atoms with van der Waals surface area (Å²) in [4.78, 5) is 4.19. The van der Waals surface area contributed by atoms with E-state index in [4.69, 9.17) is 4.74 Å². The van der Waals surface area contributed by atoms with Crippen molar-refractivity contribution < 1.29 is 4.74 Å². The lowest BCUT2D eigenvalue weighted by atomic mass is 10.0. The first-order chi connectivity index (χ1) is 7.73. The van der Waals surface area contributed by atoms with Crippen molar-refractivity contribution in [2.75, 3.05) is 20.2 Å². The number of hydrogen-bond acceptors (Lipinski definition) is 4. The summed E-state index contributed by atoms with van der Waals surface area (Å²) in [7, 11) is 1.66. The van der Waals surface area contributed by atoms with Gasteiger partial charge in [0.1, 0.15) is 0 Å². The second kappa shape index (κ2) is 4.80. The highest BCUT2D eigenvalue weighted by Crippen LogP contribution is 2.17. The zero-order valence-corrected chi connectivity index (χ0v) is 9.92. The zero-order valence-electron chi connectivity index (χ0n) is 9.92. The molecule has 0 aromatic carbocycles. The Hall–Kier alpha value is -1.13. The van der Waals surface area contributed by atoms with Crippen molar-refractivity contribution in [3.05, 3.63) is 23.9 Å². The normalized spacial score (nSPS) is 24.6. The van der Waals surface area contributed by atoms with Gasteiger partial charge in [-0.2, -0.15) is 0 Å². The van der Waals surface area contributed by atoms with Gasteiger partial charge in [0.25, 0.3) is 0 Å². The monoisotopic (exact) mass is 221 g/mol. The molecule has 1 aliphatic heterocycles. The first-order valence-electron chi connectivity index (χ1n) is 5.67. The molecule has 1 aromatic rings. The van der Waals surface area contributed by atoms with Crippen LogP contribution in [0.1, 0.15) is 18.9 Å². The van der Waals surface area contributed by atoms with E-state index in [1.54, 1.807) is 13.3 Å². The van der Waals surface area contributed by atoms with Gasteiger partial charge in [-0.25, -0.2) is 4.98 Å². The van der Waals surface area contributed by atoms with Crippen LogP contribution in [0.3, 0.4) is 0 Å². The largest absolute Gasteiger partial charge is 0.481 e. The Balaban J connectivity index is 1.98. The molecule has 0 aliphatic carbocycles. The number of nitrogens with one attached hydrogen (secondary N) is 2. The molecule has 16 heavy (non-hydrogen) atoms. The molecule has 2 heterocycles. The first kappa shape index (κ1) is 11.4. The van der Waals surface area contributed by atoms with Gasteiger partial charge in [-0.3, -0.25) is 0 Å². The highest BCUT2D eigenvalue weighted by atomic mass is 16.5. The number of methoxy groups -OCH3 is 1. The van der Waals surface area contributed by atoms with Crippen molar-refractivity contribution in [1.29, 1.82) is 0 Å². The van der Waals surface area contributed by atoms with Crippen LogP contribution in [0.2, 0.25) is 0 Å². The summed E-state index contributed by atoms with van der Waals surface area (Å²) in [6.07, 6.45) is 2.91. The van der Waals surface area contributed by atoms with Crippen LogP contribution in [0.15, 0.2) is 18.3 Å². The molecule has 0 spiro atoms. The second-order valence-electron chi connectivity index (χ2n) is 4.51. The van der Waals surface area contributed by atoms with E-state index in [2.05, 4.69) is 22.5 Å². The lowest BCUT2D eigenvalue weighted by molar-refractivity contribution is 0.365. The summed E-state index contributed by atoms with van der Waals surface area (Å²) < 4.78 is 5.23. The summed E-state index contributed by atoms with van der Waals surface area (Å²) in [5.74, 6) is 0.713. The predicted octanol–water partition coefficient (Wildman–Crippen LogP) is 0.932. The van der Waals surface area contributed by atoms with Crippen LogP contribution in [0.5, 0.6) is 5.88 Å². The number of aromatic nitrogens is 1. The molecule has 2 rings (SSSR count). The molecule has 1 atom stereocenters. The third-order valence-corrected chi connectivity index (χ3v) is 3.12. The van der Waals surface area contributed by atoms with Crippen molar-refractivity contribution in [3.8, 4) is 5.88 Å². The molecule has 1 saturated heterocycles. The van der Waals surface area contributed by atoms with Gasteiger partial charge in [0.2, 0.25) is 5.88 Å². The molecule has 1 aliphatic rings. The smallest absolute Gasteiger partial charge is 0.217 e. The number of ether oxygens (including phenoxy) is 1. The fraction of sp³-hybridized carbons (Fsp3) is 0.583. The third-order valence-electron chi connectivity index (χ3n) is 3.12.